The standard InChI is InChI=1S/C15H19NO5S/c1-7-12(18)13(19)14-15(20-7)21-9-4-3-8(5-10(9)22-14)6-11(17)16-2/h3-5,7,12-15,18-19H,6H2,1-2H3,(H,16,17)/t7-,12+,13?,14-,15?/m0/s1. The lowest BCUT2D eigenvalue weighted by Gasteiger charge is -2.43. The molecule has 6 nitrogen and oxygen atoms in total. The van der Waals surface area contributed by atoms with Crippen molar-refractivity contribution in [3.05, 3.63) is 23.8 Å². The summed E-state index contributed by atoms with van der Waals surface area (Å²) in [5.41, 5.74) is 0.868. The predicted octanol–water partition coefficient (Wildman–Crippen LogP) is 0.295. The Labute approximate surface area is 132 Å². The van der Waals surface area contributed by atoms with E-state index in [9.17, 15) is 15.0 Å². The number of aliphatic hydroxyl groups excluding tert-OH is 2. The summed E-state index contributed by atoms with van der Waals surface area (Å²) in [6.07, 6.45) is -2.64. The Balaban J connectivity index is 1.83. The summed E-state index contributed by atoms with van der Waals surface area (Å²) in [6.45, 7) is 1.71. The monoisotopic (exact) mass is 325 g/mol. The van der Waals surface area contributed by atoms with E-state index in [0.29, 0.717) is 5.75 Å². The third kappa shape index (κ3) is 2.81. The molecular formula is C15H19NO5S. The first kappa shape index (κ1) is 15.6. The second-order valence-electron chi connectivity index (χ2n) is 5.52. The summed E-state index contributed by atoms with van der Waals surface area (Å²) in [5.74, 6) is 0.604. The molecule has 0 radical (unpaired) electrons. The molecule has 0 spiro atoms. The Morgan fingerprint density at radius 2 is 2.14 bits per heavy atom. The summed E-state index contributed by atoms with van der Waals surface area (Å²) < 4.78 is 11.4. The van der Waals surface area contributed by atoms with E-state index in [2.05, 4.69) is 5.32 Å². The molecule has 0 bridgehead atoms. The van der Waals surface area contributed by atoms with Crippen LogP contribution in [0.2, 0.25) is 0 Å². The van der Waals surface area contributed by atoms with Crippen molar-refractivity contribution in [2.24, 2.45) is 0 Å². The van der Waals surface area contributed by atoms with Gasteiger partial charge >= 0.3 is 0 Å². The number of ether oxygens (including phenoxy) is 2. The van der Waals surface area contributed by atoms with Crippen LogP contribution in [0.15, 0.2) is 23.1 Å². The average molecular weight is 325 g/mol. The number of fused-ring (bicyclic) bond motifs is 2. The van der Waals surface area contributed by atoms with Crippen LogP contribution in [0.5, 0.6) is 5.75 Å². The largest absolute Gasteiger partial charge is 0.462 e. The molecule has 3 N–H and O–H groups in total. The van der Waals surface area contributed by atoms with Crippen molar-refractivity contribution in [2.45, 2.75) is 48.1 Å². The quantitative estimate of drug-likeness (QED) is 0.725. The lowest BCUT2D eigenvalue weighted by molar-refractivity contribution is -0.213. The Hall–Kier alpha value is -1.28. The van der Waals surface area contributed by atoms with Crippen LogP contribution < -0.4 is 10.1 Å². The Morgan fingerprint density at radius 1 is 1.36 bits per heavy atom. The minimum Gasteiger partial charge on any atom is -0.462 e. The molecule has 0 saturated carbocycles. The molecule has 120 valence electrons. The fourth-order valence-corrected chi connectivity index (χ4v) is 3.90. The van der Waals surface area contributed by atoms with Gasteiger partial charge in [-0.25, -0.2) is 0 Å². The molecule has 1 saturated heterocycles. The maximum absolute atomic E-state index is 11.5. The summed E-state index contributed by atoms with van der Waals surface area (Å²) in [7, 11) is 1.60. The van der Waals surface area contributed by atoms with E-state index < -0.39 is 29.9 Å². The second kappa shape index (κ2) is 6.08. The molecule has 1 fully saturated rings. The summed E-state index contributed by atoms with van der Waals surface area (Å²) >= 11 is 1.41. The highest BCUT2D eigenvalue weighted by Crippen LogP contribution is 2.44. The topological polar surface area (TPSA) is 88.0 Å². The van der Waals surface area contributed by atoms with Crippen LogP contribution in [-0.4, -0.2) is 53.0 Å². The van der Waals surface area contributed by atoms with Gasteiger partial charge in [0.15, 0.2) is 0 Å². The van der Waals surface area contributed by atoms with E-state index in [1.54, 1.807) is 14.0 Å². The fourth-order valence-electron chi connectivity index (χ4n) is 2.62. The van der Waals surface area contributed by atoms with Gasteiger partial charge in [-0.05, 0) is 24.6 Å². The average Bonchev–Trinajstić information content (AvgIpc) is 2.51. The molecule has 3 rings (SSSR count). The Kier molecular flexibility index (Phi) is 4.31. The van der Waals surface area contributed by atoms with Crippen LogP contribution in [0.3, 0.4) is 0 Å². The maximum Gasteiger partial charge on any atom is 0.224 e. The molecule has 5 atom stereocenters. The van der Waals surface area contributed by atoms with Gasteiger partial charge in [0, 0.05) is 7.05 Å². The van der Waals surface area contributed by atoms with Gasteiger partial charge in [0.25, 0.3) is 0 Å². The van der Waals surface area contributed by atoms with Crippen LogP contribution in [0.25, 0.3) is 0 Å². The molecule has 7 heteroatoms. The number of aliphatic hydroxyl groups is 2. The van der Waals surface area contributed by atoms with Crippen LogP contribution in [0.1, 0.15) is 12.5 Å². The van der Waals surface area contributed by atoms with Crippen LogP contribution in [-0.2, 0) is 16.0 Å². The van der Waals surface area contributed by atoms with Gasteiger partial charge in [-0.2, -0.15) is 0 Å². The van der Waals surface area contributed by atoms with Gasteiger partial charge in [0.1, 0.15) is 23.2 Å². The first-order valence-electron chi connectivity index (χ1n) is 7.18. The lowest BCUT2D eigenvalue weighted by Crippen LogP contribution is -2.57. The first-order valence-corrected chi connectivity index (χ1v) is 8.06. The molecular weight excluding hydrogens is 306 g/mol. The summed E-state index contributed by atoms with van der Waals surface area (Å²) in [5, 5.41) is 22.4. The number of carbonyl (C=O) groups excluding carboxylic acids is 1. The normalized spacial score (nSPS) is 33.4. The van der Waals surface area contributed by atoms with Crippen molar-refractivity contribution in [3.63, 3.8) is 0 Å². The zero-order valence-electron chi connectivity index (χ0n) is 12.4. The molecule has 2 heterocycles. The minimum absolute atomic E-state index is 0.0650. The van der Waals surface area contributed by atoms with Gasteiger partial charge in [-0.15, -0.1) is 11.8 Å². The SMILES string of the molecule is CNC(=O)Cc1ccc2c(c1)S[C@@H]1C(O2)O[C@@H](C)[C@@H](O)C1O. The molecule has 0 aromatic heterocycles. The van der Waals surface area contributed by atoms with Crippen LogP contribution in [0.4, 0.5) is 0 Å². The molecule has 2 aliphatic rings. The first-order chi connectivity index (χ1) is 10.5. The van der Waals surface area contributed by atoms with E-state index in [-0.39, 0.29) is 12.3 Å². The molecule has 2 aliphatic heterocycles. The van der Waals surface area contributed by atoms with Crippen LogP contribution in [0, 0.1) is 0 Å². The summed E-state index contributed by atoms with van der Waals surface area (Å²) in [6, 6.07) is 5.53. The van der Waals surface area contributed by atoms with Crippen molar-refractivity contribution >= 4 is 17.7 Å². The number of thioether (sulfide) groups is 1. The Morgan fingerprint density at radius 3 is 2.86 bits per heavy atom. The van der Waals surface area contributed by atoms with Crippen molar-refractivity contribution < 1.29 is 24.5 Å². The van der Waals surface area contributed by atoms with Crippen molar-refractivity contribution in [3.8, 4) is 5.75 Å². The zero-order valence-corrected chi connectivity index (χ0v) is 13.2. The number of hydrogen-bond acceptors (Lipinski definition) is 6. The molecule has 2 unspecified atom stereocenters. The third-order valence-electron chi connectivity index (χ3n) is 3.94. The second-order valence-corrected chi connectivity index (χ2v) is 6.74. The third-order valence-corrected chi connectivity index (χ3v) is 5.29. The van der Waals surface area contributed by atoms with Crippen molar-refractivity contribution in [1.29, 1.82) is 0 Å². The molecule has 0 aliphatic carbocycles. The van der Waals surface area contributed by atoms with Gasteiger partial charge in [-0.1, -0.05) is 6.07 Å². The van der Waals surface area contributed by atoms with Crippen molar-refractivity contribution in [2.75, 3.05) is 7.05 Å². The summed E-state index contributed by atoms with van der Waals surface area (Å²) in [4.78, 5) is 12.3. The van der Waals surface area contributed by atoms with E-state index in [4.69, 9.17) is 9.47 Å². The Bertz CT molecular complexity index is 581. The highest BCUT2D eigenvalue weighted by atomic mass is 32.2. The van der Waals surface area contributed by atoms with Gasteiger partial charge in [0.05, 0.1) is 17.4 Å². The van der Waals surface area contributed by atoms with Gasteiger partial charge in [0.2, 0.25) is 12.2 Å². The predicted molar refractivity (Wildman–Crippen MR) is 80.8 cm³/mol. The molecule has 1 aromatic rings. The number of carbonyl (C=O) groups is 1. The van der Waals surface area contributed by atoms with Crippen molar-refractivity contribution in [1.82, 2.24) is 5.32 Å². The number of nitrogens with one attached hydrogen (secondary N) is 1. The molecule has 1 amide bonds. The fraction of sp³-hybridized carbons (Fsp3) is 0.533. The van der Waals surface area contributed by atoms with E-state index >= 15 is 0 Å². The number of rotatable bonds is 2. The smallest absolute Gasteiger partial charge is 0.224 e. The molecule has 1 aromatic carbocycles. The maximum atomic E-state index is 11.5. The van der Waals surface area contributed by atoms with Gasteiger partial charge < -0.3 is 25.0 Å². The van der Waals surface area contributed by atoms with E-state index in [1.807, 2.05) is 18.2 Å². The zero-order chi connectivity index (χ0) is 15.9. The number of likely N-dealkylation sites (N-methyl/N-ethyl adjacent to an activating group) is 1. The number of hydrogen-bond donors (Lipinski definition) is 3. The number of amides is 1. The lowest BCUT2D eigenvalue weighted by atomic mass is 10.0. The highest BCUT2D eigenvalue weighted by Gasteiger charge is 2.47. The number of benzene rings is 1. The molecule has 22 heavy (non-hydrogen) atoms. The van der Waals surface area contributed by atoms with E-state index in [0.717, 1.165) is 10.5 Å². The van der Waals surface area contributed by atoms with Crippen LogP contribution >= 0.6 is 11.8 Å². The highest BCUT2D eigenvalue weighted by molar-refractivity contribution is 8.00. The minimum atomic E-state index is -0.937. The van der Waals surface area contributed by atoms with Gasteiger partial charge in [-0.3, -0.25) is 4.79 Å². The van der Waals surface area contributed by atoms with E-state index in [1.165, 1.54) is 11.8 Å².